The van der Waals surface area contributed by atoms with E-state index in [1.807, 2.05) is 37.3 Å². The Bertz CT molecular complexity index is 672. The summed E-state index contributed by atoms with van der Waals surface area (Å²) in [5.41, 5.74) is 1.14. The van der Waals surface area contributed by atoms with Crippen molar-refractivity contribution in [3.05, 3.63) is 59.7 Å². The van der Waals surface area contributed by atoms with Gasteiger partial charge in [-0.3, -0.25) is 0 Å². The zero-order valence-electron chi connectivity index (χ0n) is 13.9. The lowest BCUT2D eigenvalue weighted by Crippen LogP contribution is -2.26. The second-order valence-corrected chi connectivity index (χ2v) is 6.42. The molecule has 4 heteroatoms. The number of benzene rings is 2. The summed E-state index contributed by atoms with van der Waals surface area (Å²) in [4.78, 5) is 11.8. The van der Waals surface area contributed by atoms with Crippen molar-refractivity contribution in [3.63, 3.8) is 0 Å². The molecule has 0 bridgehead atoms. The summed E-state index contributed by atoms with van der Waals surface area (Å²) >= 11 is 0. The molecule has 0 heterocycles. The van der Waals surface area contributed by atoms with Crippen molar-refractivity contribution in [1.29, 1.82) is 0 Å². The molecule has 0 spiro atoms. The van der Waals surface area contributed by atoms with Gasteiger partial charge in [-0.05, 0) is 44.5 Å². The summed E-state index contributed by atoms with van der Waals surface area (Å²) < 4.78 is 10.3. The van der Waals surface area contributed by atoms with Crippen molar-refractivity contribution in [2.24, 2.45) is 0 Å². The Morgan fingerprint density at radius 2 is 1.74 bits per heavy atom. The Morgan fingerprint density at radius 1 is 1.09 bits per heavy atom. The third-order valence-electron chi connectivity index (χ3n) is 3.36. The Balaban J connectivity index is 2.21. The molecule has 4 nitrogen and oxygen atoms in total. The van der Waals surface area contributed by atoms with Gasteiger partial charge in [0, 0.05) is 11.5 Å². The molecule has 0 radical (unpaired) electrons. The number of phenolic OH excluding ortho intramolecular Hbond substituents is 1. The van der Waals surface area contributed by atoms with Crippen LogP contribution in [0.1, 0.15) is 44.7 Å². The van der Waals surface area contributed by atoms with Crippen LogP contribution in [0.25, 0.3) is 0 Å². The second-order valence-electron chi connectivity index (χ2n) is 6.42. The molecule has 23 heavy (non-hydrogen) atoms. The number of rotatable bonds is 3. The maximum atomic E-state index is 11.8. The molecule has 1 N–H and O–H groups in total. The monoisotopic (exact) mass is 314 g/mol. The quantitative estimate of drug-likeness (QED) is 0.649. The first-order valence-corrected chi connectivity index (χ1v) is 7.55. The van der Waals surface area contributed by atoms with Gasteiger partial charge in [0.1, 0.15) is 17.1 Å². The van der Waals surface area contributed by atoms with Crippen LogP contribution in [0, 0.1) is 0 Å². The van der Waals surface area contributed by atoms with Crippen LogP contribution in [0.4, 0.5) is 4.79 Å². The van der Waals surface area contributed by atoms with Crippen molar-refractivity contribution >= 4 is 6.16 Å². The summed E-state index contributed by atoms with van der Waals surface area (Å²) in [5, 5.41) is 10.1. The summed E-state index contributed by atoms with van der Waals surface area (Å²) in [6.07, 6.45) is -0.762. The molecule has 1 atom stereocenters. The third-order valence-corrected chi connectivity index (χ3v) is 3.36. The Kier molecular flexibility index (Phi) is 4.94. The molecular weight excluding hydrogens is 292 g/mol. The highest BCUT2D eigenvalue weighted by Crippen LogP contribution is 2.33. The van der Waals surface area contributed by atoms with E-state index in [4.69, 9.17) is 9.47 Å². The fourth-order valence-electron chi connectivity index (χ4n) is 2.23. The minimum atomic E-state index is -0.762. The molecule has 0 aromatic heterocycles. The Morgan fingerprint density at radius 3 is 2.35 bits per heavy atom. The molecule has 0 saturated heterocycles. The van der Waals surface area contributed by atoms with Crippen molar-refractivity contribution in [3.8, 4) is 11.5 Å². The van der Waals surface area contributed by atoms with E-state index in [9.17, 15) is 9.90 Å². The summed E-state index contributed by atoms with van der Waals surface area (Å²) in [6, 6.07) is 14.6. The molecule has 0 aliphatic carbocycles. The lowest BCUT2D eigenvalue weighted by atomic mass is 9.92. The molecule has 2 aromatic carbocycles. The molecular formula is C19H22O4. The summed E-state index contributed by atoms with van der Waals surface area (Å²) in [6.45, 7) is 7.30. The van der Waals surface area contributed by atoms with Crippen LogP contribution in [-0.4, -0.2) is 16.9 Å². The predicted molar refractivity (Wildman–Crippen MR) is 88.9 cm³/mol. The zero-order valence-corrected chi connectivity index (χ0v) is 13.9. The minimum absolute atomic E-state index is 0.0293. The van der Waals surface area contributed by atoms with Gasteiger partial charge in [-0.25, -0.2) is 4.79 Å². The fourth-order valence-corrected chi connectivity index (χ4v) is 2.23. The van der Waals surface area contributed by atoms with Crippen molar-refractivity contribution < 1.29 is 19.4 Å². The Hall–Kier alpha value is -2.49. The standard InChI is InChI=1S/C19H22O4/c1-13(14-8-6-5-7-9-14)16-12-15(10-11-17(16)20)22-18(21)23-19(2,3)4/h5-13,20H,1-4H3. The lowest BCUT2D eigenvalue weighted by molar-refractivity contribution is 0.0206. The van der Waals surface area contributed by atoms with Gasteiger partial charge in [0.05, 0.1) is 0 Å². The molecule has 0 amide bonds. The van der Waals surface area contributed by atoms with Gasteiger partial charge in [-0.1, -0.05) is 37.3 Å². The van der Waals surface area contributed by atoms with Crippen LogP contribution in [0.15, 0.2) is 48.5 Å². The van der Waals surface area contributed by atoms with Crippen molar-refractivity contribution in [2.45, 2.75) is 39.2 Å². The number of hydrogen-bond donors (Lipinski definition) is 1. The van der Waals surface area contributed by atoms with E-state index in [0.717, 1.165) is 5.56 Å². The number of carbonyl (C=O) groups excluding carboxylic acids is 1. The number of hydrogen-bond acceptors (Lipinski definition) is 4. The van der Waals surface area contributed by atoms with E-state index in [0.29, 0.717) is 11.3 Å². The van der Waals surface area contributed by atoms with Gasteiger partial charge in [0.25, 0.3) is 0 Å². The number of carbonyl (C=O) groups is 1. The van der Waals surface area contributed by atoms with E-state index in [1.54, 1.807) is 32.9 Å². The zero-order chi connectivity index (χ0) is 17.0. The molecule has 2 aromatic rings. The smallest absolute Gasteiger partial charge is 0.508 e. The lowest BCUT2D eigenvalue weighted by Gasteiger charge is -2.19. The SMILES string of the molecule is CC(c1ccccc1)c1cc(OC(=O)OC(C)(C)C)ccc1O. The van der Waals surface area contributed by atoms with E-state index < -0.39 is 11.8 Å². The van der Waals surface area contributed by atoms with Crippen molar-refractivity contribution in [1.82, 2.24) is 0 Å². The predicted octanol–water partition coefficient (Wildman–Crippen LogP) is 4.86. The fraction of sp³-hybridized carbons (Fsp3) is 0.316. The van der Waals surface area contributed by atoms with E-state index in [2.05, 4.69) is 0 Å². The van der Waals surface area contributed by atoms with Gasteiger partial charge >= 0.3 is 6.16 Å². The number of phenols is 1. The highest BCUT2D eigenvalue weighted by Gasteiger charge is 2.19. The van der Waals surface area contributed by atoms with Gasteiger partial charge < -0.3 is 14.6 Å². The van der Waals surface area contributed by atoms with E-state index in [1.165, 1.54) is 6.07 Å². The van der Waals surface area contributed by atoms with E-state index >= 15 is 0 Å². The van der Waals surface area contributed by atoms with Crippen LogP contribution >= 0.6 is 0 Å². The average molecular weight is 314 g/mol. The summed E-state index contributed by atoms with van der Waals surface area (Å²) in [7, 11) is 0. The molecule has 0 aliphatic rings. The minimum Gasteiger partial charge on any atom is -0.508 e. The highest BCUT2D eigenvalue weighted by molar-refractivity contribution is 5.64. The van der Waals surface area contributed by atoms with Gasteiger partial charge in [0.15, 0.2) is 0 Å². The van der Waals surface area contributed by atoms with E-state index in [-0.39, 0.29) is 11.7 Å². The van der Waals surface area contributed by atoms with Crippen LogP contribution < -0.4 is 4.74 Å². The van der Waals surface area contributed by atoms with Crippen LogP contribution in [0.2, 0.25) is 0 Å². The van der Waals surface area contributed by atoms with Crippen LogP contribution in [0.5, 0.6) is 11.5 Å². The largest absolute Gasteiger partial charge is 0.514 e. The number of aromatic hydroxyl groups is 1. The topological polar surface area (TPSA) is 55.8 Å². The molecule has 2 rings (SSSR count). The third kappa shape index (κ3) is 4.74. The molecule has 1 unspecified atom stereocenters. The average Bonchev–Trinajstić information content (AvgIpc) is 2.47. The first kappa shape index (κ1) is 16.9. The second kappa shape index (κ2) is 6.73. The molecule has 0 aliphatic heterocycles. The van der Waals surface area contributed by atoms with Gasteiger partial charge in [-0.2, -0.15) is 0 Å². The normalized spacial score (nSPS) is 12.5. The van der Waals surface area contributed by atoms with Gasteiger partial charge in [0.2, 0.25) is 0 Å². The van der Waals surface area contributed by atoms with Gasteiger partial charge in [-0.15, -0.1) is 0 Å². The first-order valence-electron chi connectivity index (χ1n) is 7.55. The van der Waals surface area contributed by atoms with Crippen LogP contribution in [0.3, 0.4) is 0 Å². The maximum absolute atomic E-state index is 11.8. The molecule has 0 saturated carbocycles. The molecule has 122 valence electrons. The molecule has 0 fully saturated rings. The number of ether oxygens (including phenoxy) is 2. The Labute approximate surface area is 136 Å². The first-order chi connectivity index (χ1) is 10.8. The maximum Gasteiger partial charge on any atom is 0.514 e. The highest BCUT2D eigenvalue weighted by atomic mass is 16.7. The van der Waals surface area contributed by atoms with Crippen molar-refractivity contribution in [2.75, 3.05) is 0 Å². The van der Waals surface area contributed by atoms with Crippen LogP contribution in [-0.2, 0) is 4.74 Å². The summed E-state index contributed by atoms with van der Waals surface area (Å²) in [5.74, 6) is 0.478.